The summed E-state index contributed by atoms with van der Waals surface area (Å²) in [6, 6.07) is 16.6. The highest BCUT2D eigenvalue weighted by molar-refractivity contribution is 6.70. The summed E-state index contributed by atoms with van der Waals surface area (Å²) >= 11 is 0. The van der Waals surface area contributed by atoms with Crippen molar-refractivity contribution in [2.45, 2.75) is 39.3 Å². The summed E-state index contributed by atoms with van der Waals surface area (Å²) in [5.41, 5.74) is 2.27. The van der Waals surface area contributed by atoms with E-state index in [1.54, 1.807) is 0 Å². The Morgan fingerprint density at radius 1 is 0.583 bits per heavy atom. The lowest BCUT2D eigenvalue weighted by molar-refractivity contribution is 0.557. The van der Waals surface area contributed by atoms with Crippen molar-refractivity contribution >= 4 is 28.0 Å². The number of benzene rings is 2. The molecule has 0 amide bonds. The van der Waals surface area contributed by atoms with E-state index < -0.39 is 16.6 Å². The maximum absolute atomic E-state index is 6.01. The van der Waals surface area contributed by atoms with Gasteiger partial charge in [0.2, 0.25) is 16.6 Å². The average molecular weight is 360 g/mol. The van der Waals surface area contributed by atoms with E-state index in [0.29, 0.717) is 0 Å². The van der Waals surface area contributed by atoms with Crippen molar-refractivity contribution in [2.24, 2.45) is 0 Å². The van der Waals surface area contributed by atoms with Gasteiger partial charge in [-0.25, -0.2) is 0 Å². The van der Waals surface area contributed by atoms with Crippen LogP contribution in [0.25, 0.3) is 0 Å². The van der Waals surface area contributed by atoms with E-state index in [2.05, 4.69) is 75.5 Å². The van der Waals surface area contributed by atoms with Crippen LogP contribution in [0.15, 0.2) is 48.5 Å². The number of hydrogen-bond acceptors (Lipinski definition) is 3. The predicted molar refractivity (Wildman–Crippen MR) is 109 cm³/mol. The Morgan fingerprint density at radius 3 is 1.12 bits per heavy atom. The Balaban J connectivity index is 2.09. The molecule has 5 heteroatoms. The second-order valence-corrected chi connectivity index (χ2v) is 16.8. The lowest BCUT2D eigenvalue weighted by atomic mass is 10.2. The monoisotopic (exact) mass is 359 g/mol. The van der Waals surface area contributed by atoms with Gasteiger partial charge in [-0.2, -0.15) is 0 Å². The first-order valence-corrected chi connectivity index (χ1v) is 15.2. The Bertz CT molecular complexity index is 596. The molecule has 0 saturated carbocycles. The molecule has 24 heavy (non-hydrogen) atoms. The fourth-order valence-electron chi connectivity index (χ4n) is 2.33. The molecule has 0 aliphatic heterocycles. The summed E-state index contributed by atoms with van der Waals surface area (Å²) in [6.45, 7) is 13.1. The molecule has 0 aromatic heterocycles. The molecule has 0 aliphatic rings. The van der Waals surface area contributed by atoms with Crippen LogP contribution in [-0.2, 0) is 0 Å². The van der Waals surface area contributed by atoms with Crippen molar-refractivity contribution in [1.29, 1.82) is 0 Å². The van der Waals surface area contributed by atoms with E-state index in [0.717, 1.165) is 22.9 Å². The smallest absolute Gasteiger partial charge is 0.242 e. The zero-order valence-corrected chi connectivity index (χ0v) is 17.9. The molecule has 2 rings (SSSR count). The van der Waals surface area contributed by atoms with Gasteiger partial charge < -0.3 is 13.8 Å². The standard InChI is InChI=1S/C19H29NO2Si2/c1-20(16-8-12-18(13-9-16)21-23(2,3)4)17-10-14-19(15-11-17)22-24(5,6)7/h8-15H,1-7H3. The highest BCUT2D eigenvalue weighted by atomic mass is 28.4. The third kappa shape index (κ3) is 5.72. The van der Waals surface area contributed by atoms with Crippen molar-refractivity contribution in [2.75, 3.05) is 11.9 Å². The molecule has 0 radical (unpaired) electrons. The first-order valence-electron chi connectivity index (χ1n) is 8.35. The lowest BCUT2D eigenvalue weighted by Crippen LogP contribution is -2.29. The summed E-state index contributed by atoms with van der Waals surface area (Å²) in [4.78, 5) is 2.16. The van der Waals surface area contributed by atoms with Crippen LogP contribution < -0.4 is 13.8 Å². The van der Waals surface area contributed by atoms with Gasteiger partial charge in [0.05, 0.1) is 0 Å². The molecule has 0 fully saturated rings. The molecule has 0 bridgehead atoms. The Morgan fingerprint density at radius 2 is 0.875 bits per heavy atom. The molecule has 2 aromatic carbocycles. The summed E-state index contributed by atoms with van der Waals surface area (Å²) in [5, 5.41) is 0. The van der Waals surface area contributed by atoms with Crippen molar-refractivity contribution < 1.29 is 8.85 Å². The highest BCUT2D eigenvalue weighted by Crippen LogP contribution is 2.28. The van der Waals surface area contributed by atoms with E-state index in [1.165, 1.54) is 0 Å². The van der Waals surface area contributed by atoms with Gasteiger partial charge in [-0.15, -0.1) is 0 Å². The van der Waals surface area contributed by atoms with Gasteiger partial charge >= 0.3 is 0 Å². The van der Waals surface area contributed by atoms with Gasteiger partial charge in [0.15, 0.2) is 0 Å². The Labute approximate surface area is 148 Å². The molecular weight excluding hydrogens is 330 g/mol. The number of anilines is 2. The molecule has 3 nitrogen and oxygen atoms in total. The summed E-state index contributed by atoms with van der Waals surface area (Å²) in [7, 11) is -1.04. The van der Waals surface area contributed by atoms with Crippen LogP contribution in [0.1, 0.15) is 0 Å². The third-order valence-corrected chi connectivity index (χ3v) is 4.99. The Kier molecular flexibility index (Phi) is 5.45. The van der Waals surface area contributed by atoms with Crippen LogP contribution in [0.3, 0.4) is 0 Å². The molecule has 2 aromatic rings. The zero-order valence-electron chi connectivity index (χ0n) is 15.9. The quantitative estimate of drug-likeness (QED) is 0.601. The summed E-state index contributed by atoms with van der Waals surface area (Å²) in [6.07, 6.45) is 0. The van der Waals surface area contributed by atoms with Gasteiger partial charge in [0.1, 0.15) is 11.5 Å². The average Bonchev–Trinajstić information content (AvgIpc) is 2.45. The molecule has 0 saturated heterocycles. The van der Waals surface area contributed by atoms with Crippen LogP contribution in [0.4, 0.5) is 11.4 Å². The van der Waals surface area contributed by atoms with E-state index in [-0.39, 0.29) is 0 Å². The summed E-state index contributed by atoms with van der Waals surface area (Å²) in [5.74, 6) is 1.90. The maximum Gasteiger partial charge on any atom is 0.242 e. The second kappa shape index (κ2) is 7.03. The molecule has 0 aliphatic carbocycles. The fourth-order valence-corrected chi connectivity index (χ4v) is 4.02. The van der Waals surface area contributed by atoms with Gasteiger partial charge in [0.25, 0.3) is 0 Å². The molecule has 0 spiro atoms. The minimum absolute atomic E-state index is 0.949. The van der Waals surface area contributed by atoms with E-state index >= 15 is 0 Å². The second-order valence-electron chi connectivity index (χ2n) is 7.98. The molecular formula is C19H29NO2Si2. The van der Waals surface area contributed by atoms with E-state index in [4.69, 9.17) is 8.85 Å². The first-order chi connectivity index (χ1) is 11.0. The van der Waals surface area contributed by atoms with Gasteiger partial charge in [-0.3, -0.25) is 0 Å². The van der Waals surface area contributed by atoms with Crippen LogP contribution in [0.5, 0.6) is 11.5 Å². The van der Waals surface area contributed by atoms with Crippen LogP contribution in [0.2, 0.25) is 39.3 Å². The number of nitrogens with zero attached hydrogens (tertiary/aromatic N) is 1. The molecule has 0 N–H and O–H groups in total. The van der Waals surface area contributed by atoms with E-state index in [1.807, 2.05) is 24.3 Å². The van der Waals surface area contributed by atoms with Gasteiger partial charge in [-0.1, -0.05) is 0 Å². The van der Waals surface area contributed by atoms with Crippen LogP contribution in [0, 0.1) is 0 Å². The lowest BCUT2D eigenvalue weighted by Gasteiger charge is -2.23. The third-order valence-electron chi connectivity index (χ3n) is 3.30. The van der Waals surface area contributed by atoms with Gasteiger partial charge in [0, 0.05) is 18.4 Å². The molecule has 0 heterocycles. The van der Waals surface area contributed by atoms with Crippen LogP contribution in [-0.4, -0.2) is 23.7 Å². The molecule has 130 valence electrons. The minimum Gasteiger partial charge on any atom is -0.544 e. The highest BCUT2D eigenvalue weighted by Gasteiger charge is 2.17. The maximum atomic E-state index is 6.01. The fraction of sp³-hybridized carbons (Fsp3) is 0.368. The predicted octanol–water partition coefficient (Wildman–Crippen LogP) is 5.88. The SMILES string of the molecule is CN(c1ccc(O[Si](C)(C)C)cc1)c1ccc(O[Si](C)(C)C)cc1. The van der Waals surface area contributed by atoms with Crippen molar-refractivity contribution in [3.05, 3.63) is 48.5 Å². The molecule has 0 atom stereocenters. The largest absolute Gasteiger partial charge is 0.544 e. The number of hydrogen-bond donors (Lipinski definition) is 0. The molecule has 0 unspecified atom stereocenters. The first kappa shape index (κ1) is 18.6. The topological polar surface area (TPSA) is 21.7 Å². The van der Waals surface area contributed by atoms with Gasteiger partial charge in [-0.05, 0) is 87.8 Å². The number of rotatable bonds is 6. The van der Waals surface area contributed by atoms with Crippen molar-refractivity contribution in [3.8, 4) is 11.5 Å². The normalized spacial score (nSPS) is 12.0. The van der Waals surface area contributed by atoms with E-state index in [9.17, 15) is 0 Å². The zero-order chi connectivity index (χ0) is 18.0. The van der Waals surface area contributed by atoms with Crippen molar-refractivity contribution in [1.82, 2.24) is 0 Å². The Hall–Kier alpha value is -1.73. The summed E-state index contributed by atoms with van der Waals surface area (Å²) < 4.78 is 12.0. The van der Waals surface area contributed by atoms with Crippen LogP contribution >= 0.6 is 0 Å². The minimum atomic E-state index is -1.56. The van der Waals surface area contributed by atoms with Crippen molar-refractivity contribution in [3.63, 3.8) is 0 Å².